The molecule has 0 bridgehead atoms. The first-order valence-electron chi connectivity index (χ1n) is 8.97. The molecule has 2 atom stereocenters. The number of rotatable bonds is 4. The summed E-state index contributed by atoms with van der Waals surface area (Å²) in [5.41, 5.74) is 4.33. The summed E-state index contributed by atoms with van der Waals surface area (Å²) in [7, 11) is 1.70. The fourth-order valence-electron chi connectivity index (χ4n) is 4.10. The second-order valence-electron chi connectivity index (χ2n) is 7.85. The second-order valence-corrected chi connectivity index (χ2v) is 7.85. The molecule has 2 aliphatic rings. The number of aliphatic hydroxyl groups is 1. The van der Waals surface area contributed by atoms with Crippen molar-refractivity contribution in [2.45, 2.75) is 77.6 Å². The van der Waals surface area contributed by atoms with E-state index in [2.05, 4.69) is 27.7 Å². The Labute approximate surface area is 149 Å². The maximum atomic E-state index is 11.6. The lowest BCUT2D eigenvalue weighted by atomic mass is 9.90. The van der Waals surface area contributed by atoms with Crippen LogP contribution in [0.1, 0.15) is 55.4 Å². The lowest BCUT2D eigenvalue weighted by Crippen LogP contribution is -2.32. The van der Waals surface area contributed by atoms with Crippen LogP contribution in [0.4, 0.5) is 0 Å². The van der Waals surface area contributed by atoms with Crippen LogP contribution in [0.25, 0.3) is 0 Å². The molecule has 0 radical (unpaired) electrons. The number of hydrogen-bond acceptors (Lipinski definition) is 5. The van der Waals surface area contributed by atoms with Gasteiger partial charge >= 0.3 is 5.97 Å². The van der Waals surface area contributed by atoms with Crippen molar-refractivity contribution in [3.63, 3.8) is 0 Å². The maximum Gasteiger partial charge on any atom is 0.308 e. The summed E-state index contributed by atoms with van der Waals surface area (Å²) in [5, 5.41) is 9.80. The van der Waals surface area contributed by atoms with Gasteiger partial charge in [0.25, 0.3) is 0 Å². The molecular formula is C20H28O5. The Kier molecular flexibility index (Phi) is 4.71. The number of fused-ring (bicyclic) bond motifs is 1. The second kappa shape index (κ2) is 6.52. The molecule has 1 aromatic carbocycles. The Balaban J connectivity index is 1.89. The highest BCUT2D eigenvalue weighted by molar-refractivity contribution is 5.71. The van der Waals surface area contributed by atoms with Crippen LogP contribution in [-0.4, -0.2) is 36.0 Å². The average molecular weight is 348 g/mol. The van der Waals surface area contributed by atoms with Crippen LogP contribution in [0.5, 0.6) is 11.5 Å². The molecule has 0 saturated carbocycles. The number of benzene rings is 1. The number of cyclic esters (lactones) is 1. The summed E-state index contributed by atoms with van der Waals surface area (Å²) in [6.45, 7) is 8.32. The molecule has 1 fully saturated rings. The molecule has 138 valence electrons. The summed E-state index contributed by atoms with van der Waals surface area (Å²) in [4.78, 5) is 11.6. The van der Waals surface area contributed by atoms with Gasteiger partial charge in [0.2, 0.25) is 0 Å². The summed E-state index contributed by atoms with van der Waals surface area (Å²) in [5.74, 6) is 1.56. The third-order valence-corrected chi connectivity index (χ3v) is 5.27. The molecule has 1 N–H and O–H groups in total. The first-order chi connectivity index (χ1) is 11.7. The van der Waals surface area contributed by atoms with Gasteiger partial charge in [-0.2, -0.15) is 0 Å². The van der Waals surface area contributed by atoms with Gasteiger partial charge in [-0.25, -0.2) is 0 Å². The Bertz CT molecular complexity index is 692. The van der Waals surface area contributed by atoms with E-state index in [0.717, 1.165) is 41.0 Å². The number of methoxy groups -OCH3 is 1. The molecule has 2 aliphatic heterocycles. The number of aliphatic hydroxyl groups excluding tert-OH is 1. The highest BCUT2D eigenvalue weighted by Gasteiger charge is 2.36. The van der Waals surface area contributed by atoms with Crippen molar-refractivity contribution < 1.29 is 24.1 Å². The predicted molar refractivity (Wildman–Crippen MR) is 94.3 cm³/mol. The molecule has 2 heterocycles. The van der Waals surface area contributed by atoms with Crippen LogP contribution >= 0.6 is 0 Å². The quantitative estimate of drug-likeness (QED) is 0.848. The zero-order chi connectivity index (χ0) is 18.4. The van der Waals surface area contributed by atoms with Crippen LogP contribution in [0.15, 0.2) is 0 Å². The topological polar surface area (TPSA) is 65.0 Å². The van der Waals surface area contributed by atoms with Crippen LogP contribution in [0.3, 0.4) is 0 Å². The van der Waals surface area contributed by atoms with Crippen molar-refractivity contribution in [1.82, 2.24) is 0 Å². The number of carbonyl (C=O) groups excluding carboxylic acids is 1. The van der Waals surface area contributed by atoms with Gasteiger partial charge in [-0.1, -0.05) is 0 Å². The average Bonchev–Trinajstić information content (AvgIpc) is 2.82. The summed E-state index contributed by atoms with van der Waals surface area (Å²) in [6.07, 6.45) is 2.02. The van der Waals surface area contributed by atoms with Gasteiger partial charge in [0.05, 0.1) is 19.6 Å². The fraction of sp³-hybridized carbons (Fsp3) is 0.650. The molecule has 0 aliphatic carbocycles. The largest absolute Gasteiger partial charge is 0.496 e. The smallest absolute Gasteiger partial charge is 0.308 e. The maximum absolute atomic E-state index is 11.6. The lowest BCUT2D eigenvalue weighted by Gasteiger charge is -2.27. The summed E-state index contributed by atoms with van der Waals surface area (Å²) < 4.78 is 17.3. The zero-order valence-electron chi connectivity index (χ0n) is 15.8. The first-order valence-corrected chi connectivity index (χ1v) is 8.97. The van der Waals surface area contributed by atoms with E-state index in [0.29, 0.717) is 12.8 Å². The molecule has 3 rings (SSSR count). The van der Waals surface area contributed by atoms with Crippen LogP contribution in [0.2, 0.25) is 0 Å². The fourth-order valence-corrected chi connectivity index (χ4v) is 4.10. The molecule has 1 aromatic rings. The SMILES string of the molecule is COc1c(C)c(CCC2CC(O)CC(=O)O2)c2c(c1C)CC(C)(C)O2. The lowest BCUT2D eigenvalue weighted by molar-refractivity contribution is -0.160. The molecule has 0 amide bonds. The zero-order valence-corrected chi connectivity index (χ0v) is 15.8. The Morgan fingerprint density at radius 1 is 1.28 bits per heavy atom. The molecule has 0 spiro atoms. The Morgan fingerprint density at radius 3 is 2.64 bits per heavy atom. The summed E-state index contributed by atoms with van der Waals surface area (Å²) in [6, 6.07) is 0. The first kappa shape index (κ1) is 18.1. The van der Waals surface area contributed by atoms with Gasteiger partial charge in [-0.05, 0) is 51.7 Å². The molecule has 5 heteroatoms. The Morgan fingerprint density at radius 2 is 2.00 bits per heavy atom. The molecule has 25 heavy (non-hydrogen) atoms. The number of ether oxygens (including phenoxy) is 3. The minimum atomic E-state index is -0.596. The summed E-state index contributed by atoms with van der Waals surface area (Å²) >= 11 is 0. The predicted octanol–water partition coefficient (Wildman–Crippen LogP) is 3.02. The Hall–Kier alpha value is -1.75. The third kappa shape index (κ3) is 3.47. The van der Waals surface area contributed by atoms with Gasteiger partial charge < -0.3 is 19.3 Å². The van der Waals surface area contributed by atoms with Crippen molar-refractivity contribution >= 4 is 5.97 Å². The normalized spacial score (nSPS) is 24.5. The van der Waals surface area contributed by atoms with E-state index < -0.39 is 6.10 Å². The highest BCUT2D eigenvalue weighted by Crippen LogP contribution is 2.46. The number of hydrogen-bond donors (Lipinski definition) is 1. The third-order valence-electron chi connectivity index (χ3n) is 5.27. The van der Waals surface area contributed by atoms with E-state index in [9.17, 15) is 9.90 Å². The van der Waals surface area contributed by atoms with Crippen molar-refractivity contribution in [2.24, 2.45) is 0 Å². The van der Waals surface area contributed by atoms with E-state index in [-0.39, 0.29) is 24.1 Å². The van der Waals surface area contributed by atoms with Gasteiger partial charge in [0.1, 0.15) is 23.2 Å². The molecule has 0 aromatic heterocycles. The van der Waals surface area contributed by atoms with Crippen molar-refractivity contribution in [1.29, 1.82) is 0 Å². The molecular weight excluding hydrogens is 320 g/mol. The van der Waals surface area contributed by atoms with E-state index in [1.807, 2.05) is 0 Å². The van der Waals surface area contributed by atoms with Gasteiger partial charge in [-0.15, -0.1) is 0 Å². The van der Waals surface area contributed by atoms with E-state index in [1.54, 1.807) is 7.11 Å². The molecule has 5 nitrogen and oxygen atoms in total. The van der Waals surface area contributed by atoms with Crippen molar-refractivity contribution in [3.05, 3.63) is 22.3 Å². The van der Waals surface area contributed by atoms with Crippen LogP contribution < -0.4 is 9.47 Å². The number of esters is 1. The van der Waals surface area contributed by atoms with Gasteiger partial charge in [-0.3, -0.25) is 4.79 Å². The van der Waals surface area contributed by atoms with Gasteiger partial charge in [0.15, 0.2) is 0 Å². The monoisotopic (exact) mass is 348 g/mol. The van der Waals surface area contributed by atoms with E-state index >= 15 is 0 Å². The minimum Gasteiger partial charge on any atom is -0.496 e. The minimum absolute atomic E-state index is 0.0978. The van der Waals surface area contributed by atoms with Crippen LogP contribution in [0, 0.1) is 13.8 Å². The van der Waals surface area contributed by atoms with Crippen molar-refractivity contribution in [3.8, 4) is 11.5 Å². The van der Waals surface area contributed by atoms with Gasteiger partial charge in [0, 0.05) is 24.0 Å². The van der Waals surface area contributed by atoms with E-state index in [1.165, 1.54) is 5.56 Å². The van der Waals surface area contributed by atoms with Crippen LogP contribution in [-0.2, 0) is 22.4 Å². The standard InChI is InChI=1S/C20H28O5/c1-11-15(7-6-14-8-13(21)9-17(22)24-14)19-16(10-20(3,4)25-19)12(2)18(11)23-5/h13-14,21H,6-10H2,1-5H3. The molecule has 2 unspecified atom stereocenters. The van der Waals surface area contributed by atoms with Crippen molar-refractivity contribution in [2.75, 3.05) is 7.11 Å². The van der Waals surface area contributed by atoms with E-state index in [4.69, 9.17) is 14.2 Å². The number of carbonyl (C=O) groups is 1. The highest BCUT2D eigenvalue weighted by atomic mass is 16.5. The molecule has 1 saturated heterocycles.